The molecule has 0 fully saturated rings. The molecule has 0 aliphatic heterocycles. The SMILES string of the molecule is COc1cc(-c2n[nH]c(S(=O)(=O)Cl)n2)cc(OC)c1OC. The second-order valence-corrected chi connectivity index (χ2v) is 6.30. The summed E-state index contributed by atoms with van der Waals surface area (Å²) < 4.78 is 38.0. The lowest BCUT2D eigenvalue weighted by Gasteiger charge is -2.12. The van der Waals surface area contributed by atoms with E-state index < -0.39 is 14.2 Å². The van der Waals surface area contributed by atoms with Gasteiger partial charge in [0, 0.05) is 16.2 Å². The summed E-state index contributed by atoms with van der Waals surface area (Å²) in [7, 11) is 5.62. The summed E-state index contributed by atoms with van der Waals surface area (Å²) in [5.74, 6) is 1.33. The molecule has 2 aromatic rings. The van der Waals surface area contributed by atoms with Gasteiger partial charge in [-0.2, -0.15) is 10.1 Å². The summed E-state index contributed by atoms with van der Waals surface area (Å²) in [6.07, 6.45) is 0. The summed E-state index contributed by atoms with van der Waals surface area (Å²) in [4.78, 5) is 3.82. The highest BCUT2D eigenvalue weighted by Gasteiger charge is 2.20. The fourth-order valence-corrected chi connectivity index (χ4v) is 2.25. The van der Waals surface area contributed by atoms with Crippen LogP contribution < -0.4 is 14.2 Å². The third-order valence-electron chi connectivity index (χ3n) is 2.62. The van der Waals surface area contributed by atoms with Crippen LogP contribution in [0.2, 0.25) is 0 Å². The number of ether oxygens (including phenoxy) is 3. The standard InChI is InChI=1S/C11H12ClN3O5S/c1-18-7-4-6(5-8(19-2)9(7)20-3)10-13-11(15-14-10)21(12,16)17/h4-5H,1-3H3,(H,13,14,15). The topological polar surface area (TPSA) is 103 Å². The maximum atomic E-state index is 11.2. The van der Waals surface area contributed by atoms with Crippen molar-refractivity contribution in [2.24, 2.45) is 0 Å². The quantitative estimate of drug-likeness (QED) is 0.825. The number of methoxy groups -OCH3 is 3. The van der Waals surface area contributed by atoms with Crippen molar-refractivity contribution in [3.63, 3.8) is 0 Å². The molecule has 0 aliphatic rings. The molecule has 0 bridgehead atoms. The minimum atomic E-state index is -3.98. The zero-order valence-corrected chi connectivity index (χ0v) is 12.9. The first-order valence-electron chi connectivity index (χ1n) is 5.58. The fourth-order valence-electron chi connectivity index (χ4n) is 1.70. The molecule has 0 amide bonds. The third kappa shape index (κ3) is 3.03. The Bertz CT molecular complexity index is 734. The number of rotatable bonds is 5. The lowest BCUT2D eigenvalue weighted by Crippen LogP contribution is -1.96. The Kier molecular flexibility index (Phi) is 4.24. The highest BCUT2D eigenvalue weighted by Crippen LogP contribution is 2.40. The van der Waals surface area contributed by atoms with Crippen molar-refractivity contribution in [1.29, 1.82) is 0 Å². The molecule has 0 unspecified atom stereocenters. The van der Waals surface area contributed by atoms with Crippen molar-refractivity contribution in [1.82, 2.24) is 15.2 Å². The van der Waals surface area contributed by atoms with E-state index in [1.807, 2.05) is 0 Å². The van der Waals surface area contributed by atoms with E-state index in [0.717, 1.165) is 0 Å². The molecule has 0 spiro atoms. The van der Waals surface area contributed by atoms with Crippen molar-refractivity contribution in [2.75, 3.05) is 21.3 Å². The molecule has 1 N–H and O–H groups in total. The Labute approximate surface area is 125 Å². The van der Waals surface area contributed by atoms with E-state index in [1.165, 1.54) is 21.3 Å². The predicted octanol–water partition coefficient (Wildman–Crippen LogP) is 1.42. The van der Waals surface area contributed by atoms with Gasteiger partial charge < -0.3 is 14.2 Å². The van der Waals surface area contributed by atoms with E-state index in [0.29, 0.717) is 22.8 Å². The molecule has 8 nitrogen and oxygen atoms in total. The maximum absolute atomic E-state index is 11.2. The van der Waals surface area contributed by atoms with Crippen molar-refractivity contribution in [3.8, 4) is 28.6 Å². The van der Waals surface area contributed by atoms with Gasteiger partial charge in [-0.1, -0.05) is 0 Å². The Morgan fingerprint density at radius 2 is 1.67 bits per heavy atom. The van der Waals surface area contributed by atoms with Gasteiger partial charge in [0.05, 0.1) is 21.3 Å². The molecular formula is C11H12ClN3O5S. The lowest BCUT2D eigenvalue weighted by atomic mass is 10.1. The van der Waals surface area contributed by atoms with E-state index in [9.17, 15) is 8.42 Å². The highest BCUT2D eigenvalue weighted by molar-refractivity contribution is 8.13. The molecule has 1 aromatic heterocycles. The summed E-state index contributed by atoms with van der Waals surface area (Å²) in [6.45, 7) is 0. The Morgan fingerprint density at radius 3 is 2.05 bits per heavy atom. The van der Waals surface area contributed by atoms with Gasteiger partial charge >= 0.3 is 0 Å². The van der Waals surface area contributed by atoms with Gasteiger partial charge in [0.1, 0.15) is 0 Å². The summed E-state index contributed by atoms with van der Waals surface area (Å²) in [6, 6.07) is 3.18. The first-order valence-corrected chi connectivity index (χ1v) is 7.89. The van der Waals surface area contributed by atoms with Crippen molar-refractivity contribution >= 4 is 19.7 Å². The molecule has 1 heterocycles. The molecule has 10 heteroatoms. The maximum Gasteiger partial charge on any atom is 0.296 e. The zero-order chi connectivity index (χ0) is 15.6. The van der Waals surface area contributed by atoms with Gasteiger partial charge in [-0.05, 0) is 12.1 Å². The van der Waals surface area contributed by atoms with E-state index in [-0.39, 0.29) is 5.82 Å². The molecule has 2 rings (SSSR count). The molecule has 0 atom stereocenters. The molecule has 0 radical (unpaired) electrons. The van der Waals surface area contributed by atoms with E-state index in [2.05, 4.69) is 15.2 Å². The first kappa shape index (κ1) is 15.4. The van der Waals surface area contributed by atoms with Crippen LogP contribution in [-0.4, -0.2) is 44.9 Å². The summed E-state index contributed by atoms with van der Waals surface area (Å²) >= 11 is 0. The Hall–Kier alpha value is -2.00. The second kappa shape index (κ2) is 5.78. The van der Waals surface area contributed by atoms with Crippen molar-refractivity contribution in [3.05, 3.63) is 12.1 Å². The average Bonchev–Trinajstić information content (AvgIpc) is 2.95. The number of nitrogens with one attached hydrogen (secondary N) is 1. The van der Waals surface area contributed by atoms with Crippen molar-refractivity contribution in [2.45, 2.75) is 5.16 Å². The number of hydrogen-bond acceptors (Lipinski definition) is 7. The van der Waals surface area contributed by atoms with Crippen LogP contribution in [0.1, 0.15) is 0 Å². The zero-order valence-electron chi connectivity index (χ0n) is 11.4. The number of halogens is 1. The van der Waals surface area contributed by atoms with Crippen LogP contribution in [0.15, 0.2) is 17.3 Å². The van der Waals surface area contributed by atoms with Crippen LogP contribution in [0.5, 0.6) is 17.2 Å². The van der Waals surface area contributed by atoms with Crippen LogP contribution in [0.3, 0.4) is 0 Å². The summed E-state index contributed by atoms with van der Waals surface area (Å²) in [5, 5.41) is 5.62. The molecule has 1 aromatic carbocycles. The van der Waals surface area contributed by atoms with Crippen LogP contribution in [-0.2, 0) is 9.05 Å². The number of benzene rings is 1. The second-order valence-electron chi connectivity index (χ2n) is 3.82. The minimum Gasteiger partial charge on any atom is -0.493 e. The van der Waals surface area contributed by atoms with Gasteiger partial charge in [0.2, 0.25) is 5.75 Å². The molecule has 0 aliphatic carbocycles. The summed E-state index contributed by atoms with van der Waals surface area (Å²) in [5.41, 5.74) is 0.479. The van der Waals surface area contributed by atoms with Gasteiger partial charge in [0.25, 0.3) is 14.2 Å². The number of hydrogen-bond donors (Lipinski definition) is 1. The molecule has 0 saturated heterocycles. The molecule has 114 valence electrons. The minimum absolute atomic E-state index is 0.133. The predicted molar refractivity (Wildman–Crippen MR) is 74.5 cm³/mol. The van der Waals surface area contributed by atoms with Crippen LogP contribution in [0.25, 0.3) is 11.4 Å². The first-order chi connectivity index (χ1) is 9.90. The smallest absolute Gasteiger partial charge is 0.296 e. The van der Waals surface area contributed by atoms with E-state index in [4.69, 9.17) is 24.9 Å². The molecule has 21 heavy (non-hydrogen) atoms. The van der Waals surface area contributed by atoms with Crippen LogP contribution >= 0.6 is 10.7 Å². The average molecular weight is 334 g/mol. The van der Waals surface area contributed by atoms with Crippen LogP contribution in [0, 0.1) is 0 Å². The highest BCUT2D eigenvalue weighted by atomic mass is 35.7. The molecular weight excluding hydrogens is 322 g/mol. The third-order valence-corrected chi connectivity index (χ3v) is 3.70. The number of nitrogens with zero attached hydrogens (tertiary/aromatic N) is 2. The van der Waals surface area contributed by atoms with Gasteiger partial charge in [-0.15, -0.1) is 0 Å². The van der Waals surface area contributed by atoms with E-state index >= 15 is 0 Å². The van der Waals surface area contributed by atoms with Crippen LogP contribution in [0.4, 0.5) is 0 Å². The largest absolute Gasteiger partial charge is 0.493 e. The van der Waals surface area contributed by atoms with Gasteiger partial charge in [-0.3, -0.25) is 0 Å². The number of H-pyrrole nitrogens is 1. The number of aromatic amines is 1. The van der Waals surface area contributed by atoms with Crippen molar-refractivity contribution < 1.29 is 22.6 Å². The Balaban J connectivity index is 2.56. The Morgan fingerprint density at radius 1 is 1.10 bits per heavy atom. The molecule has 0 saturated carbocycles. The lowest BCUT2D eigenvalue weighted by molar-refractivity contribution is 0.324. The van der Waals surface area contributed by atoms with Gasteiger partial charge in [0.15, 0.2) is 17.3 Å². The van der Waals surface area contributed by atoms with E-state index in [1.54, 1.807) is 12.1 Å². The number of aromatic nitrogens is 3. The normalized spacial score (nSPS) is 11.2. The van der Waals surface area contributed by atoms with Gasteiger partial charge in [-0.25, -0.2) is 13.5 Å². The fraction of sp³-hybridized carbons (Fsp3) is 0.273. The monoisotopic (exact) mass is 333 g/mol.